The summed E-state index contributed by atoms with van der Waals surface area (Å²) in [5.74, 6) is 1.73. The standard InChI is InChI=1S/C18H19BrO6/c1-21-13-5-11(6-14(8-13)22-2)18(20)25-10-12-7-17(24-4)15(19)9-16(12)23-3/h5-9H,10H2,1-4H3. The number of rotatable bonds is 7. The number of hydrogen-bond acceptors (Lipinski definition) is 6. The molecule has 25 heavy (non-hydrogen) atoms. The van der Waals surface area contributed by atoms with Crippen molar-refractivity contribution in [2.75, 3.05) is 28.4 Å². The first-order valence-corrected chi connectivity index (χ1v) is 8.12. The van der Waals surface area contributed by atoms with Crippen molar-refractivity contribution in [3.8, 4) is 23.0 Å². The Balaban J connectivity index is 2.20. The van der Waals surface area contributed by atoms with Gasteiger partial charge < -0.3 is 23.7 Å². The van der Waals surface area contributed by atoms with Crippen molar-refractivity contribution < 1.29 is 28.5 Å². The fourth-order valence-electron chi connectivity index (χ4n) is 2.19. The van der Waals surface area contributed by atoms with E-state index >= 15 is 0 Å². The average Bonchev–Trinajstić information content (AvgIpc) is 2.65. The van der Waals surface area contributed by atoms with E-state index in [0.29, 0.717) is 34.1 Å². The summed E-state index contributed by atoms with van der Waals surface area (Å²) in [5.41, 5.74) is 1.02. The summed E-state index contributed by atoms with van der Waals surface area (Å²) in [6.45, 7) is 0.0329. The van der Waals surface area contributed by atoms with Crippen molar-refractivity contribution in [2.45, 2.75) is 6.61 Å². The normalized spacial score (nSPS) is 10.1. The Morgan fingerprint density at radius 3 is 1.96 bits per heavy atom. The zero-order valence-corrected chi connectivity index (χ0v) is 16.0. The van der Waals surface area contributed by atoms with Gasteiger partial charge in [-0.25, -0.2) is 4.79 Å². The summed E-state index contributed by atoms with van der Waals surface area (Å²) in [5, 5.41) is 0. The molecule has 0 radical (unpaired) electrons. The number of halogens is 1. The lowest BCUT2D eigenvalue weighted by molar-refractivity contribution is 0.0469. The van der Waals surface area contributed by atoms with Gasteiger partial charge in [0.05, 0.1) is 38.5 Å². The molecule has 7 heteroatoms. The van der Waals surface area contributed by atoms with Crippen molar-refractivity contribution in [3.05, 3.63) is 45.9 Å². The zero-order valence-electron chi connectivity index (χ0n) is 14.4. The zero-order chi connectivity index (χ0) is 18.4. The molecular formula is C18H19BrO6. The second-order valence-corrected chi connectivity index (χ2v) is 5.83. The van der Waals surface area contributed by atoms with Gasteiger partial charge in [-0.2, -0.15) is 0 Å². The summed E-state index contributed by atoms with van der Waals surface area (Å²) in [4.78, 5) is 12.4. The van der Waals surface area contributed by atoms with Crippen molar-refractivity contribution in [3.63, 3.8) is 0 Å². The van der Waals surface area contributed by atoms with Crippen LogP contribution >= 0.6 is 15.9 Å². The number of methoxy groups -OCH3 is 4. The Labute approximate surface area is 154 Å². The first-order valence-electron chi connectivity index (χ1n) is 7.33. The van der Waals surface area contributed by atoms with Crippen molar-refractivity contribution in [2.24, 2.45) is 0 Å². The number of benzene rings is 2. The number of ether oxygens (including phenoxy) is 5. The molecule has 0 aliphatic heterocycles. The molecule has 0 spiro atoms. The fraction of sp³-hybridized carbons (Fsp3) is 0.278. The molecule has 134 valence electrons. The average molecular weight is 411 g/mol. The van der Waals surface area contributed by atoms with Crippen LogP contribution in [0.2, 0.25) is 0 Å². The third kappa shape index (κ3) is 4.57. The molecule has 0 saturated heterocycles. The largest absolute Gasteiger partial charge is 0.497 e. The molecule has 0 aromatic heterocycles. The van der Waals surface area contributed by atoms with E-state index in [1.54, 1.807) is 44.6 Å². The van der Waals surface area contributed by atoms with Gasteiger partial charge in [0.2, 0.25) is 0 Å². The van der Waals surface area contributed by atoms with Crippen molar-refractivity contribution in [1.29, 1.82) is 0 Å². The van der Waals surface area contributed by atoms with Gasteiger partial charge in [-0.3, -0.25) is 0 Å². The van der Waals surface area contributed by atoms with Crippen LogP contribution < -0.4 is 18.9 Å². The number of carbonyl (C=O) groups excluding carboxylic acids is 1. The van der Waals surface area contributed by atoms with Crippen LogP contribution in [0.25, 0.3) is 0 Å². The quantitative estimate of drug-likeness (QED) is 0.646. The van der Waals surface area contributed by atoms with Gasteiger partial charge in [0.25, 0.3) is 0 Å². The third-order valence-electron chi connectivity index (χ3n) is 3.50. The second-order valence-electron chi connectivity index (χ2n) is 4.98. The highest BCUT2D eigenvalue weighted by molar-refractivity contribution is 9.10. The van der Waals surface area contributed by atoms with Crippen LogP contribution in [-0.2, 0) is 11.3 Å². The minimum Gasteiger partial charge on any atom is -0.497 e. The fourth-order valence-corrected chi connectivity index (χ4v) is 2.67. The van der Waals surface area contributed by atoms with E-state index in [4.69, 9.17) is 23.7 Å². The molecule has 0 unspecified atom stereocenters. The maximum absolute atomic E-state index is 12.4. The Morgan fingerprint density at radius 1 is 0.840 bits per heavy atom. The molecule has 2 aromatic rings. The first-order chi connectivity index (χ1) is 12.0. The van der Waals surface area contributed by atoms with Gasteiger partial charge in [0, 0.05) is 11.6 Å². The van der Waals surface area contributed by atoms with Crippen molar-refractivity contribution >= 4 is 21.9 Å². The molecule has 0 atom stereocenters. The molecule has 2 aromatic carbocycles. The summed E-state index contributed by atoms with van der Waals surface area (Å²) in [7, 11) is 6.14. The Morgan fingerprint density at radius 2 is 1.44 bits per heavy atom. The predicted octanol–water partition coefficient (Wildman–Crippen LogP) is 3.84. The Bertz CT molecular complexity index is 737. The van der Waals surface area contributed by atoms with Crippen molar-refractivity contribution in [1.82, 2.24) is 0 Å². The van der Waals surface area contributed by atoms with E-state index in [9.17, 15) is 4.79 Å². The summed E-state index contributed by atoms with van der Waals surface area (Å²) < 4.78 is 27.0. The second kappa shape index (κ2) is 8.62. The molecular weight excluding hydrogens is 392 g/mol. The molecule has 0 saturated carbocycles. The predicted molar refractivity (Wildman–Crippen MR) is 95.9 cm³/mol. The third-order valence-corrected chi connectivity index (χ3v) is 4.12. The molecule has 0 aliphatic rings. The maximum Gasteiger partial charge on any atom is 0.338 e. The topological polar surface area (TPSA) is 63.2 Å². The maximum atomic E-state index is 12.4. The minimum absolute atomic E-state index is 0.0329. The van der Waals surface area contributed by atoms with Gasteiger partial charge in [-0.15, -0.1) is 0 Å². The van der Waals surface area contributed by atoms with Gasteiger partial charge in [0.1, 0.15) is 29.6 Å². The summed E-state index contributed by atoms with van der Waals surface area (Å²) in [6, 6.07) is 8.37. The number of carbonyl (C=O) groups is 1. The van der Waals surface area contributed by atoms with Gasteiger partial charge in [-0.1, -0.05) is 0 Å². The van der Waals surface area contributed by atoms with E-state index in [2.05, 4.69) is 15.9 Å². The Hall–Kier alpha value is -2.41. The van der Waals surface area contributed by atoms with Gasteiger partial charge in [-0.05, 0) is 40.2 Å². The van der Waals surface area contributed by atoms with E-state index in [-0.39, 0.29) is 6.61 Å². The highest BCUT2D eigenvalue weighted by Crippen LogP contribution is 2.33. The van der Waals surface area contributed by atoms with Crippen LogP contribution in [-0.4, -0.2) is 34.4 Å². The van der Waals surface area contributed by atoms with E-state index in [0.717, 1.165) is 4.47 Å². The highest BCUT2D eigenvalue weighted by Gasteiger charge is 2.15. The molecule has 0 fully saturated rings. The number of esters is 1. The minimum atomic E-state index is -0.499. The SMILES string of the molecule is COc1cc(OC)cc(C(=O)OCc2cc(OC)c(Br)cc2OC)c1. The lowest BCUT2D eigenvalue weighted by atomic mass is 10.2. The molecule has 0 bridgehead atoms. The lowest BCUT2D eigenvalue weighted by Gasteiger charge is -2.13. The Kier molecular flexibility index (Phi) is 6.52. The molecule has 0 heterocycles. The monoisotopic (exact) mass is 410 g/mol. The first kappa shape index (κ1) is 18.9. The van der Waals surface area contributed by atoms with Gasteiger partial charge in [0.15, 0.2) is 0 Å². The van der Waals surface area contributed by atoms with E-state index < -0.39 is 5.97 Å². The molecule has 0 amide bonds. The van der Waals surface area contributed by atoms with Crippen LogP contribution in [0.3, 0.4) is 0 Å². The number of hydrogen-bond donors (Lipinski definition) is 0. The molecule has 2 rings (SSSR count). The van der Waals surface area contributed by atoms with E-state index in [1.807, 2.05) is 0 Å². The van der Waals surface area contributed by atoms with Crippen LogP contribution in [0.15, 0.2) is 34.8 Å². The van der Waals surface area contributed by atoms with Crippen LogP contribution in [0.5, 0.6) is 23.0 Å². The van der Waals surface area contributed by atoms with Crippen LogP contribution in [0, 0.1) is 0 Å². The van der Waals surface area contributed by atoms with E-state index in [1.165, 1.54) is 14.2 Å². The summed E-state index contributed by atoms with van der Waals surface area (Å²) in [6.07, 6.45) is 0. The molecule has 0 N–H and O–H groups in total. The molecule has 6 nitrogen and oxygen atoms in total. The van der Waals surface area contributed by atoms with Crippen LogP contribution in [0.1, 0.15) is 15.9 Å². The smallest absolute Gasteiger partial charge is 0.338 e. The highest BCUT2D eigenvalue weighted by atomic mass is 79.9. The lowest BCUT2D eigenvalue weighted by Crippen LogP contribution is -2.07. The van der Waals surface area contributed by atoms with Crippen LogP contribution in [0.4, 0.5) is 0 Å². The van der Waals surface area contributed by atoms with Gasteiger partial charge >= 0.3 is 5.97 Å². The molecule has 0 aliphatic carbocycles. The summed E-state index contributed by atoms with van der Waals surface area (Å²) >= 11 is 3.39.